The number of halogens is 1. The van der Waals surface area contributed by atoms with Crippen molar-refractivity contribution in [2.75, 3.05) is 23.3 Å². The monoisotopic (exact) mass is 302 g/mol. The fourth-order valence-corrected chi connectivity index (χ4v) is 2.30. The van der Waals surface area contributed by atoms with Crippen LogP contribution in [0.25, 0.3) is 0 Å². The first kappa shape index (κ1) is 15.4. The van der Waals surface area contributed by atoms with Gasteiger partial charge in [0.25, 0.3) is 5.91 Å². The molecule has 21 heavy (non-hydrogen) atoms. The normalized spacial score (nSPS) is 10.2. The number of rotatable bonds is 5. The number of hydrogen-bond donors (Lipinski definition) is 1. The van der Waals surface area contributed by atoms with Gasteiger partial charge in [0.15, 0.2) is 0 Å². The Morgan fingerprint density at radius 1 is 1.10 bits per heavy atom. The number of benzene rings is 2. The molecule has 0 spiro atoms. The van der Waals surface area contributed by atoms with Gasteiger partial charge in [-0.3, -0.25) is 4.79 Å². The molecule has 1 amide bonds. The van der Waals surface area contributed by atoms with Crippen molar-refractivity contribution >= 4 is 28.9 Å². The van der Waals surface area contributed by atoms with E-state index in [0.717, 1.165) is 24.5 Å². The number of nitrogens with one attached hydrogen (secondary N) is 1. The lowest BCUT2D eigenvalue weighted by molar-refractivity contribution is 0.102. The first-order valence-electron chi connectivity index (χ1n) is 7.06. The van der Waals surface area contributed by atoms with Gasteiger partial charge in [-0.1, -0.05) is 17.7 Å². The van der Waals surface area contributed by atoms with Gasteiger partial charge < -0.3 is 10.2 Å². The second-order valence-electron chi connectivity index (χ2n) is 4.68. The minimum absolute atomic E-state index is 0.136. The maximum absolute atomic E-state index is 12.2. The molecule has 0 radical (unpaired) electrons. The molecular formula is C17H19ClN2O. The van der Waals surface area contributed by atoms with E-state index >= 15 is 0 Å². The van der Waals surface area contributed by atoms with Crippen molar-refractivity contribution in [3.8, 4) is 0 Å². The van der Waals surface area contributed by atoms with Crippen molar-refractivity contribution < 1.29 is 4.79 Å². The molecule has 0 unspecified atom stereocenters. The Kier molecular flexibility index (Phi) is 5.23. The molecule has 0 fully saturated rings. The summed E-state index contributed by atoms with van der Waals surface area (Å²) in [6.45, 7) is 6.10. The Labute approximate surface area is 130 Å². The van der Waals surface area contributed by atoms with Crippen molar-refractivity contribution in [1.82, 2.24) is 0 Å². The molecule has 2 rings (SSSR count). The molecule has 1 N–H and O–H groups in total. The van der Waals surface area contributed by atoms with E-state index in [1.165, 1.54) is 0 Å². The largest absolute Gasteiger partial charge is 0.372 e. The van der Waals surface area contributed by atoms with E-state index in [-0.39, 0.29) is 5.91 Å². The Morgan fingerprint density at radius 3 is 2.38 bits per heavy atom. The fourth-order valence-electron chi connectivity index (χ4n) is 2.17. The third kappa shape index (κ3) is 3.99. The summed E-state index contributed by atoms with van der Waals surface area (Å²) in [5, 5.41) is 3.53. The van der Waals surface area contributed by atoms with Crippen LogP contribution in [0.2, 0.25) is 5.02 Å². The fraction of sp³-hybridized carbons (Fsp3) is 0.235. The Hall–Kier alpha value is -2.00. The van der Waals surface area contributed by atoms with E-state index in [1.807, 2.05) is 24.3 Å². The predicted molar refractivity (Wildman–Crippen MR) is 89.4 cm³/mol. The lowest BCUT2D eigenvalue weighted by Gasteiger charge is -2.21. The summed E-state index contributed by atoms with van der Waals surface area (Å²) < 4.78 is 0. The molecule has 0 heterocycles. The van der Waals surface area contributed by atoms with Gasteiger partial charge >= 0.3 is 0 Å². The summed E-state index contributed by atoms with van der Waals surface area (Å²) in [5.41, 5.74) is 2.49. The van der Waals surface area contributed by atoms with Crippen LogP contribution >= 0.6 is 11.6 Å². The van der Waals surface area contributed by atoms with Crippen LogP contribution in [0.3, 0.4) is 0 Å². The van der Waals surface area contributed by atoms with Crippen molar-refractivity contribution in [3.63, 3.8) is 0 Å². The SMILES string of the molecule is CCN(CC)c1cccc(NC(=O)c2ccc(Cl)cc2)c1. The molecule has 0 saturated heterocycles. The van der Waals surface area contributed by atoms with Crippen molar-refractivity contribution in [3.05, 3.63) is 59.1 Å². The van der Waals surface area contributed by atoms with Crippen LogP contribution in [0.4, 0.5) is 11.4 Å². The highest BCUT2D eigenvalue weighted by Crippen LogP contribution is 2.20. The van der Waals surface area contributed by atoms with E-state index in [1.54, 1.807) is 24.3 Å². The third-order valence-electron chi connectivity index (χ3n) is 3.34. The van der Waals surface area contributed by atoms with Crippen LogP contribution in [-0.2, 0) is 0 Å². The molecule has 0 atom stereocenters. The highest BCUT2D eigenvalue weighted by atomic mass is 35.5. The van der Waals surface area contributed by atoms with E-state index in [2.05, 4.69) is 24.1 Å². The van der Waals surface area contributed by atoms with Crippen LogP contribution in [0.5, 0.6) is 0 Å². The summed E-state index contributed by atoms with van der Waals surface area (Å²) in [6.07, 6.45) is 0. The van der Waals surface area contributed by atoms with E-state index in [9.17, 15) is 4.79 Å². The molecule has 0 aromatic heterocycles. The summed E-state index contributed by atoms with van der Waals surface area (Å²) >= 11 is 5.83. The van der Waals surface area contributed by atoms with Crippen molar-refractivity contribution in [2.45, 2.75) is 13.8 Å². The van der Waals surface area contributed by atoms with Crippen LogP contribution in [0.1, 0.15) is 24.2 Å². The molecule has 0 aliphatic rings. The zero-order valence-corrected chi connectivity index (χ0v) is 13.0. The molecule has 4 heteroatoms. The Balaban J connectivity index is 2.14. The topological polar surface area (TPSA) is 32.3 Å². The minimum Gasteiger partial charge on any atom is -0.372 e. The number of anilines is 2. The highest BCUT2D eigenvalue weighted by Gasteiger charge is 2.07. The molecule has 2 aromatic carbocycles. The summed E-state index contributed by atoms with van der Waals surface area (Å²) in [6, 6.07) is 14.7. The zero-order valence-electron chi connectivity index (χ0n) is 12.3. The third-order valence-corrected chi connectivity index (χ3v) is 3.59. The molecule has 0 bridgehead atoms. The second-order valence-corrected chi connectivity index (χ2v) is 5.12. The van der Waals surface area contributed by atoms with Gasteiger partial charge in [0, 0.05) is 35.1 Å². The zero-order chi connectivity index (χ0) is 15.2. The molecule has 110 valence electrons. The smallest absolute Gasteiger partial charge is 0.255 e. The summed E-state index contributed by atoms with van der Waals surface area (Å²) in [5.74, 6) is -0.136. The number of amides is 1. The number of hydrogen-bond acceptors (Lipinski definition) is 2. The molecule has 0 aliphatic heterocycles. The number of carbonyl (C=O) groups excluding carboxylic acids is 1. The van der Waals surface area contributed by atoms with Gasteiger partial charge in [0.2, 0.25) is 0 Å². The maximum Gasteiger partial charge on any atom is 0.255 e. The summed E-state index contributed by atoms with van der Waals surface area (Å²) in [7, 11) is 0. The molecule has 0 saturated carbocycles. The molecule has 2 aromatic rings. The Bertz CT molecular complexity index is 606. The maximum atomic E-state index is 12.2. The molecule has 0 aliphatic carbocycles. The standard InChI is InChI=1S/C17H19ClN2O/c1-3-20(4-2)16-7-5-6-15(12-16)19-17(21)13-8-10-14(18)11-9-13/h5-12H,3-4H2,1-2H3,(H,19,21). The average Bonchev–Trinajstić information content (AvgIpc) is 2.49. The van der Waals surface area contributed by atoms with Gasteiger partial charge in [-0.2, -0.15) is 0 Å². The Morgan fingerprint density at radius 2 is 1.76 bits per heavy atom. The second kappa shape index (κ2) is 7.14. The van der Waals surface area contributed by atoms with E-state index in [0.29, 0.717) is 10.6 Å². The van der Waals surface area contributed by atoms with Crippen molar-refractivity contribution in [1.29, 1.82) is 0 Å². The lowest BCUT2D eigenvalue weighted by atomic mass is 10.2. The van der Waals surface area contributed by atoms with Gasteiger partial charge in [-0.25, -0.2) is 0 Å². The average molecular weight is 303 g/mol. The molecular weight excluding hydrogens is 284 g/mol. The minimum atomic E-state index is -0.136. The lowest BCUT2D eigenvalue weighted by Crippen LogP contribution is -2.22. The first-order chi connectivity index (χ1) is 10.1. The number of carbonyl (C=O) groups is 1. The van der Waals surface area contributed by atoms with Crippen LogP contribution in [0, 0.1) is 0 Å². The predicted octanol–water partition coefficient (Wildman–Crippen LogP) is 4.44. The summed E-state index contributed by atoms with van der Waals surface area (Å²) in [4.78, 5) is 14.4. The van der Waals surface area contributed by atoms with Crippen LogP contribution < -0.4 is 10.2 Å². The van der Waals surface area contributed by atoms with Crippen LogP contribution in [-0.4, -0.2) is 19.0 Å². The van der Waals surface area contributed by atoms with E-state index in [4.69, 9.17) is 11.6 Å². The first-order valence-corrected chi connectivity index (χ1v) is 7.43. The number of nitrogens with zero attached hydrogens (tertiary/aromatic N) is 1. The van der Waals surface area contributed by atoms with E-state index < -0.39 is 0 Å². The van der Waals surface area contributed by atoms with Gasteiger partial charge in [-0.15, -0.1) is 0 Å². The van der Waals surface area contributed by atoms with Gasteiger partial charge in [-0.05, 0) is 56.3 Å². The quantitative estimate of drug-likeness (QED) is 0.885. The van der Waals surface area contributed by atoms with Gasteiger partial charge in [0.05, 0.1) is 0 Å². The molecule has 3 nitrogen and oxygen atoms in total. The van der Waals surface area contributed by atoms with Crippen molar-refractivity contribution in [2.24, 2.45) is 0 Å². The highest BCUT2D eigenvalue weighted by molar-refractivity contribution is 6.30. The van der Waals surface area contributed by atoms with Crippen LogP contribution in [0.15, 0.2) is 48.5 Å². The van der Waals surface area contributed by atoms with Gasteiger partial charge in [0.1, 0.15) is 0 Å².